The number of thiocarbonyl (C=S) groups is 1. The summed E-state index contributed by atoms with van der Waals surface area (Å²) < 4.78 is 5.50. The molecule has 0 spiro atoms. The summed E-state index contributed by atoms with van der Waals surface area (Å²) in [6, 6.07) is 14.8. The molecular weight excluding hydrogens is 476 g/mol. The van der Waals surface area contributed by atoms with Crippen LogP contribution in [0, 0.1) is 0 Å². The number of morpholine rings is 1. The fourth-order valence-corrected chi connectivity index (χ4v) is 5.42. The Labute approximate surface area is 221 Å². The van der Waals surface area contributed by atoms with Crippen molar-refractivity contribution in [3.05, 3.63) is 58.6 Å². The molecule has 0 bridgehead atoms. The van der Waals surface area contributed by atoms with Gasteiger partial charge in [0.25, 0.3) is 0 Å². The molecule has 1 fully saturated rings. The van der Waals surface area contributed by atoms with Crippen LogP contribution in [0.1, 0.15) is 43.7 Å². The highest BCUT2D eigenvalue weighted by molar-refractivity contribution is 7.80. The molecule has 0 aliphatic carbocycles. The second-order valence-corrected chi connectivity index (χ2v) is 10.4. The van der Waals surface area contributed by atoms with E-state index in [0.29, 0.717) is 5.02 Å². The van der Waals surface area contributed by atoms with Crippen LogP contribution in [-0.4, -0.2) is 67.4 Å². The predicted octanol–water partition coefficient (Wildman–Crippen LogP) is 5.81. The number of benzene rings is 2. The Morgan fingerprint density at radius 2 is 1.94 bits per heavy atom. The Balaban J connectivity index is 1.44. The molecule has 5 nitrogen and oxygen atoms in total. The van der Waals surface area contributed by atoms with Crippen molar-refractivity contribution < 1.29 is 4.74 Å². The van der Waals surface area contributed by atoms with E-state index in [1.54, 1.807) is 0 Å². The van der Waals surface area contributed by atoms with Gasteiger partial charge in [-0.1, -0.05) is 43.1 Å². The number of fused-ring (bicyclic) bond motifs is 1. The minimum atomic E-state index is 0.707. The van der Waals surface area contributed by atoms with Gasteiger partial charge in [0.05, 0.1) is 13.2 Å². The highest BCUT2D eigenvalue weighted by Gasteiger charge is 2.19. The molecule has 35 heavy (non-hydrogen) atoms. The van der Waals surface area contributed by atoms with Gasteiger partial charge in [0.1, 0.15) is 0 Å². The number of unbranched alkanes of at least 4 members (excludes halogenated alkanes) is 1. The van der Waals surface area contributed by atoms with Crippen LogP contribution in [0.4, 0.5) is 11.4 Å². The molecule has 2 heterocycles. The molecule has 0 atom stereocenters. The lowest BCUT2D eigenvalue weighted by Crippen LogP contribution is -2.40. The zero-order valence-electron chi connectivity index (χ0n) is 21.0. The van der Waals surface area contributed by atoms with Crippen molar-refractivity contribution in [1.29, 1.82) is 0 Å². The number of ether oxygens (including phenoxy) is 1. The number of halogens is 1. The lowest BCUT2D eigenvalue weighted by Gasteiger charge is -2.32. The third-order valence-electron chi connectivity index (χ3n) is 6.88. The number of hydrogen-bond acceptors (Lipinski definition) is 4. The minimum absolute atomic E-state index is 0.707. The van der Waals surface area contributed by atoms with Gasteiger partial charge in [-0.2, -0.15) is 0 Å². The van der Waals surface area contributed by atoms with E-state index in [9.17, 15) is 0 Å². The number of anilines is 2. The maximum atomic E-state index is 6.20. The summed E-state index contributed by atoms with van der Waals surface area (Å²) >= 11 is 12.1. The summed E-state index contributed by atoms with van der Waals surface area (Å²) in [6.07, 6.45) is 5.95. The van der Waals surface area contributed by atoms with Gasteiger partial charge < -0.3 is 19.9 Å². The van der Waals surface area contributed by atoms with Gasteiger partial charge in [0.2, 0.25) is 0 Å². The smallest absolute Gasteiger partial charge is 0.173 e. The average molecular weight is 515 g/mol. The van der Waals surface area contributed by atoms with Crippen molar-refractivity contribution in [2.75, 3.05) is 62.7 Å². The second kappa shape index (κ2) is 13.4. The lowest BCUT2D eigenvalue weighted by molar-refractivity contribution is 0.0368. The molecule has 0 saturated carbocycles. The average Bonchev–Trinajstić information content (AvgIpc) is 2.87. The molecule has 0 amide bonds. The van der Waals surface area contributed by atoms with E-state index >= 15 is 0 Å². The van der Waals surface area contributed by atoms with Crippen LogP contribution < -0.4 is 10.2 Å². The minimum Gasteiger partial charge on any atom is -0.379 e. The molecule has 7 heteroatoms. The zero-order chi connectivity index (χ0) is 24.5. The Kier molecular flexibility index (Phi) is 10.1. The van der Waals surface area contributed by atoms with Gasteiger partial charge in [-0.15, -0.1) is 0 Å². The van der Waals surface area contributed by atoms with E-state index in [1.807, 2.05) is 24.3 Å². The first-order valence-corrected chi connectivity index (χ1v) is 13.9. The Morgan fingerprint density at radius 3 is 2.74 bits per heavy atom. The van der Waals surface area contributed by atoms with Crippen LogP contribution in [0.25, 0.3) is 0 Å². The number of nitrogens with one attached hydrogen (secondary N) is 1. The van der Waals surface area contributed by atoms with Gasteiger partial charge in [-0.25, -0.2) is 0 Å². The summed E-state index contributed by atoms with van der Waals surface area (Å²) in [7, 11) is 0. The Hall–Kier alpha value is -1.86. The molecule has 0 unspecified atom stereocenters. The predicted molar refractivity (Wildman–Crippen MR) is 152 cm³/mol. The first-order valence-electron chi connectivity index (χ1n) is 13.1. The summed E-state index contributed by atoms with van der Waals surface area (Å²) in [4.78, 5) is 7.35. The molecular formula is C28H39ClN4OS. The molecule has 0 radical (unpaired) electrons. The third-order valence-corrected chi connectivity index (χ3v) is 7.48. The first-order chi connectivity index (χ1) is 17.1. The first kappa shape index (κ1) is 26.2. The molecule has 0 aromatic heterocycles. The molecule has 4 rings (SSSR count). The van der Waals surface area contributed by atoms with Gasteiger partial charge in [-0.3, -0.25) is 4.90 Å². The molecule has 2 aliphatic heterocycles. The summed E-state index contributed by atoms with van der Waals surface area (Å²) in [6.45, 7) is 11.1. The third kappa shape index (κ3) is 7.81. The summed E-state index contributed by atoms with van der Waals surface area (Å²) in [5, 5.41) is 4.87. The Morgan fingerprint density at radius 1 is 1.09 bits per heavy atom. The van der Waals surface area contributed by atoms with Crippen LogP contribution in [0.3, 0.4) is 0 Å². The standard InChI is InChI=1S/C28H39ClN4OS/c1-2-3-13-32-14-5-7-24-20-23(10-11-27(24)32)22-33(15-6-12-31-16-18-34-19-17-31)28(35)30-26-9-4-8-25(29)21-26/h4,8-11,20-21H,2-3,5-7,12-19,22H2,1H3,(H,30,35). The fourth-order valence-electron chi connectivity index (χ4n) is 4.96. The van der Waals surface area contributed by atoms with Crippen molar-refractivity contribution in [3.8, 4) is 0 Å². The SMILES string of the molecule is CCCCN1CCCc2cc(CN(CCCN3CCOCC3)C(=S)Nc3cccc(Cl)c3)ccc21. The molecule has 1 saturated heterocycles. The van der Waals surface area contributed by atoms with Crippen molar-refractivity contribution in [1.82, 2.24) is 9.80 Å². The number of aryl methyl sites for hydroxylation is 1. The maximum absolute atomic E-state index is 6.20. The van der Waals surface area contributed by atoms with E-state index in [1.165, 1.54) is 42.6 Å². The molecule has 2 aromatic rings. The number of hydrogen-bond donors (Lipinski definition) is 1. The van der Waals surface area contributed by atoms with Gasteiger partial charge in [0, 0.05) is 62.2 Å². The highest BCUT2D eigenvalue weighted by atomic mass is 35.5. The monoisotopic (exact) mass is 514 g/mol. The quantitative estimate of drug-likeness (QED) is 0.402. The molecule has 1 N–H and O–H groups in total. The Bertz CT molecular complexity index is 966. The summed E-state index contributed by atoms with van der Waals surface area (Å²) in [5.74, 6) is 0. The molecule has 2 aromatic carbocycles. The van der Waals surface area contributed by atoms with Crippen LogP contribution in [0.5, 0.6) is 0 Å². The highest BCUT2D eigenvalue weighted by Crippen LogP contribution is 2.29. The van der Waals surface area contributed by atoms with Gasteiger partial charge in [0.15, 0.2) is 5.11 Å². The number of rotatable bonds is 10. The van der Waals surface area contributed by atoms with Crippen LogP contribution >= 0.6 is 23.8 Å². The van der Waals surface area contributed by atoms with Gasteiger partial charge in [-0.05, 0) is 73.3 Å². The second-order valence-electron chi connectivity index (χ2n) is 9.58. The van der Waals surface area contributed by atoms with Crippen molar-refractivity contribution >= 4 is 40.3 Å². The van der Waals surface area contributed by atoms with E-state index < -0.39 is 0 Å². The van der Waals surface area contributed by atoms with E-state index in [0.717, 1.165) is 76.1 Å². The van der Waals surface area contributed by atoms with Crippen molar-refractivity contribution in [2.45, 2.75) is 45.6 Å². The summed E-state index contributed by atoms with van der Waals surface area (Å²) in [5.41, 5.74) is 5.15. The van der Waals surface area contributed by atoms with E-state index in [4.69, 9.17) is 28.6 Å². The number of nitrogens with zero attached hydrogens (tertiary/aromatic N) is 3. The topological polar surface area (TPSA) is 31.0 Å². The maximum Gasteiger partial charge on any atom is 0.173 e. The van der Waals surface area contributed by atoms with Crippen LogP contribution in [0.2, 0.25) is 5.02 Å². The van der Waals surface area contributed by atoms with Crippen molar-refractivity contribution in [3.63, 3.8) is 0 Å². The van der Waals surface area contributed by atoms with Gasteiger partial charge >= 0.3 is 0 Å². The van der Waals surface area contributed by atoms with Crippen LogP contribution in [0.15, 0.2) is 42.5 Å². The van der Waals surface area contributed by atoms with E-state index in [-0.39, 0.29) is 0 Å². The normalized spacial score (nSPS) is 16.1. The molecule has 190 valence electrons. The lowest BCUT2D eigenvalue weighted by atomic mass is 9.98. The van der Waals surface area contributed by atoms with Crippen LogP contribution in [-0.2, 0) is 17.7 Å². The van der Waals surface area contributed by atoms with Crippen molar-refractivity contribution in [2.24, 2.45) is 0 Å². The zero-order valence-corrected chi connectivity index (χ0v) is 22.5. The molecule has 2 aliphatic rings. The fraction of sp³-hybridized carbons (Fsp3) is 0.536. The van der Waals surface area contributed by atoms with E-state index in [2.05, 4.69) is 45.1 Å². The largest absolute Gasteiger partial charge is 0.379 e.